The first-order chi connectivity index (χ1) is 10.1. The highest BCUT2D eigenvalue weighted by Crippen LogP contribution is 2.24. The molecule has 2 aromatic carbocycles. The molecule has 0 aliphatic heterocycles. The van der Waals surface area contributed by atoms with E-state index in [1.54, 1.807) is 0 Å². The number of rotatable bonds is 6. The fraction of sp³-hybridized carbons (Fsp3) is 0.333. The molecule has 112 valence electrons. The Labute approximate surface area is 126 Å². The van der Waals surface area contributed by atoms with Crippen LogP contribution in [0.2, 0.25) is 0 Å². The quantitative estimate of drug-likeness (QED) is 0.857. The predicted octanol–water partition coefficient (Wildman–Crippen LogP) is 3.18. The standard InChI is InChI=1S/C18H23NO2/c1-13(2)14-3-5-15(6-4-14)16-7-9-18(10-8-16)21-12-17(20)11-19/h3-10,13,17,20H,11-12,19H2,1-2H3. The van der Waals surface area contributed by atoms with Gasteiger partial charge in [0.1, 0.15) is 18.5 Å². The Kier molecular flexibility index (Phi) is 5.37. The maximum absolute atomic E-state index is 9.37. The Morgan fingerprint density at radius 2 is 1.48 bits per heavy atom. The van der Waals surface area contributed by atoms with Crippen LogP contribution in [-0.4, -0.2) is 24.4 Å². The van der Waals surface area contributed by atoms with Gasteiger partial charge in [-0.3, -0.25) is 0 Å². The highest BCUT2D eigenvalue weighted by Gasteiger charge is 2.04. The molecule has 0 aliphatic carbocycles. The summed E-state index contributed by atoms with van der Waals surface area (Å²) in [5.74, 6) is 1.29. The van der Waals surface area contributed by atoms with Crippen LogP contribution in [-0.2, 0) is 0 Å². The van der Waals surface area contributed by atoms with Gasteiger partial charge in [-0.1, -0.05) is 50.2 Å². The van der Waals surface area contributed by atoms with E-state index in [1.165, 1.54) is 11.1 Å². The second kappa shape index (κ2) is 7.25. The lowest BCUT2D eigenvalue weighted by Crippen LogP contribution is -2.26. The van der Waals surface area contributed by atoms with Crippen LogP contribution >= 0.6 is 0 Å². The predicted molar refractivity (Wildman–Crippen MR) is 86.5 cm³/mol. The van der Waals surface area contributed by atoms with E-state index in [1.807, 2.05) is 24.3 Å². The SMILES string of the molecule is CC(C)c1ccc(-c2ccc(OCC(O)CN)cc2)cc1. The van der Waals surface area contributed by atoms with Gasteiger partial charge in [0.2, 0.25) is 0 Å². The molecule has 0 aromatic heterocycles. The third-order valence-electron chi connectivity index (χ3n) is 3.48. The van der Waals surface area contributed by atoms with Gasteiger partial charge in [0.15, 0.2) is 0 Å². The Hall–Kier alpha value is -1.84. The molecule has 21 heavy (non-hydrogen) atoms. The fourth-order valence-corrected chi connectivity index (χ4v) is 2.06. The van der Waals surface area contributed by atoms with Gasteiger partial charge in [-0.15, -0.1) is 0 Å². The van der Waals surface area contributed by atoms with Crippen molar-refractivity contribution < 1.29 is 9.84 Å². The lowest BCUT2D eigenvalue weighted by atomic mass is 9.99. The molecule has 3 nitrogen and oxygen atoms in total. The minimum absolute atomic E-state index is 0.209. The summed E-state index contributed by atoms with van der Waals surface area (Å²) < 4.78 is 5.47. The number of aliphatic hydroxyl groups excluding tert-OH is 1. The third kappa shape index (κ3) is 4.31. The summed E-state index contributed by atoms with van der Waals surface area (Å²) in [5.41, 5.74) is 9.02. The van der Waals surface area contributed by atoms with Crippen LogP contribution in [0.15, 0.2) is 48.5 Å². The van der Waals surface area contributed by atoms with Gasteiger partial charge in [-0.25, -0.2) is 0 Å². The molecule has 0 aliphatic rings. The Morgan fingerprint density at radius 1 is 0.952 bits per heavy atom. The van der Waals surface area contributed by atoms with E-state index < -0.39 is 6.10 Å². The number of aliphatic hydroxyl groups is 1. The molecular weight excluding hydrogens is 262 g/mol. The van der Waals surface area contributed by atoms with Crippen LogP contribution < -0.4 is 10.5 Å². The molecular formula is C18H23NO2. The van der Waals surface area contributed by atoms with Gasteiger partial charge in [-0.2, -0.15) is 0 Å². The van der Waals surface area contributed by atoms with Crippen molar-refractivity contribution in [2.24, 2.45) is 5.73 Å². The van der Waals surface area contributed by atoms with Gasteiger partial charge in [0, 0.05) is 6.54 Å². The second-order valence-electron chi connectivity index (χ2n) is 5.50. The van der Waals surface area contributed by atoms with Gasteiger partial charge in [0.25, 0.3) is 0 Å². The van der Waals surface area contributed by atoms with Crippen molar-refractivity contribution in [2.75, 3.05) is 13.2 Å². The molecule has 0 heterocycles. The molecule has 0 amide bonds. The summed E-state index contributed by atoms with van der Waals surface area (Å²) >= 11 is 0. The molecule has 1 unspecified atom stereocenters. The number of benzene rings is 2. The zero-order valence-electron chi connectivity index (χ0n) is 12.6. The Balaban J connectivity index is 2.04. The van der Waals surface area contributed by atoms with E-state index in [-0.39, 0.29) is 13.2 Å². The van der Waals surface area contributed by atoms with Crippen molar-refractivity contribution >= 4 is 0 Å². The van der Waals surface area contributed by atoms with Crippen molar-refractivity contribution in [3.05, 3.63) is 54.1 Å². The molecule has 3 heteroatoms. The molecule has 2 rings (SSSR count). The highest BCUT2D eigenvalue weighted by atomic mass is 16.5. The average molecular weight is 285 g/mol. The van der Waals surface area contributed by atoms with Crippen LogP contribution in [0, 0.1) is 0 Å². The fourth-order valence-electron chi connectivity index (χ4n) is 2.06. The summed E-state index contributed by atoms with van der Waals surface area (Å²) in [4.78, 5) is 0. The Bertz CT molecular complexity index is 546. The molecule has 0 saturated carbocycles. The summed E-state index contributed by atoms with van der Waals surface area (Å²) in [6, 6.07) is 16.5. The molecule has 0 spiro atoms. The first-order valence-electron chi connectivity index (χ1n) is 7.31. The Morgan fingerprint density at radius 3 is 1.95 bits per heavy atom. The van der Waals surface area contributed by atoms with Crippen LogP contribution in [0.3, 0.4) is 0 Å². The number of nitrogens with two attached hydrogens (primary N) is 1. The topological polar surface area (TPSA) is 55.5 Å². The van der Waals surface area contributed by atoms with Crippen molar-refractivity contribution in [1.82, 2.24) is 0 Å². The lowest BCUT2D eigenvalue weighted by molar-refractivity contribution is 0.114. The maximum Gasteiger partial charge on any atom is 0.119 e. The van der Waals surface area contributed by atoms with E-state index >= 15 is 0 Å². The summed E-state index contributed by atoms with van der Waals surface area (Å²) in [6.45, 7) is 4.81. The zero-order valence-corrected chi connectivity index (χ0v) is 12.6. The molecule has 1 atom stereocenters. The summed E-state index contributed by atoms with van der Waals surface area (Å²) in [6.07, 6.45) is -0.617. The summed E-state index contributed by atoms with van der Waals surface area (Å²) in [7, 11) is 0. The van der Waals surface area contributed by atoms with Crippen LogP contribution in [0.1, 0.15) is 25.3 Å². The average Bonchev–Trinajstić information content (AvgIpc) is 2.53. The van der Waals surface area contributed by atoms with E-state index in [0.717, 1.165) is 11.3 Å². The smallest absolute Gasteiger partial charge is 0.119 e. The lowest BCUT2D eigenvalue weighted by Gasteiger charge is -2.11. The number of hydrogen-bond acceptors (Lipinski definition) is 3. The van der Waals surface area contributed by atoms with Crippen molar-refractivity contribution in [1.29, 1.82) is 0 Å². The molecule has 0 radical (unpaired) electrons. The van der Waals surface area contributed by atoms with Gasteiger partial charge in [0.05, 0.1) is 0 Å². The molecule has 3 N–H and O–H groups in total. The molecule has 0 bridgehead atoms. The molecule has 2 aromatic rings. The number of hydrogen-bond donors (Lipinski definition) is 2. The first kappa shape index (κ1) is 15.5. The van der Waals surface area contributed by atoms with E-state index in [4.69, 9.17) is 10.5 Å². The van der Waals surface area contributed by atoms with Crippen molar-refractivity contribution in [2.45, 2.75) is 25.9 Å². The zero-order chi connectivity index (χ0) is 15.2. The van der Waals surface area contributed by atoms with Crippen LogP contribution in [0.4, 0.5) is 0 Å². The van der Waals surface area contributed by atoms with Gasteiger partial charge in [-0.05, 0) is 34.7 Å². The van der Waals surface area contributed by atoms with Gasteiger partial charge >= 0.3 is 0 Å². The van der Waals surface area contributed by atoms with Crippen LogP contribution in [0.5, 0.6) is 5.75 Å². The summed E-state index contributed by atoms with van der Waals surface area (Å²) in [5, 5.41) is 9.37. The van der Waals surface area contributed by atoms with E-state index in [0.29, 0.717) is 5.92 Å². The first-order valence-corrected chi connectivity index (χ1v) is 7.31. The monoisotopic (exact) mass is 285 g/mol. The normalized spacial score (nSPS) is 12.4. The minimum Gasteiger partial charge on any atom is -0.491 e. The number of ether oxygens (including phenoxy) is 1. The van der Waals surface area contributed by atoms with Crippen molar-refractivity contribution in [3.8, 4) is 16.9 Å². The van der Waals surface area contributed by atoms with Crippen LogP contribution in [0.25, 0.3) is 11.1 Å². The van der Waals surface area contributed by atoms with E-state index in [9.17, 15) is 5.11 Å². The molecule has 0 saturated heterocycles. The highest BCUT2D eigenvalue weighted by molar-refractivity contribution is 5.64. The van der Waals surface area contributed by atoms with Crippen molar-refractivity contribution in [3.63, 3.8) is 0 Å². The second-order valence-corrected chi connectivity index (χ2v) is 5.50. The van der Waals surface area contributed by atoms with E-state index in [2.05, 4.69) is 38.1 Å². The molecule has 0 fully saturated rings. The minimum atomic E-state index is -0.617. The van der Waals surface area contributed by atoms with Gasteiger partial charge < -0.3 is 15.6 Å². The third-order valence-corrected chi connectivity index (χ3v) is 3.48. The largest absolute Gasteiger partial charge is 0.491 e. The maximum atomic E-state index is 9.37.